The van der Waals surface area contributed by atoms with Gasteiger partial charge < -0.3 is 15.6 Å². The number of H-pyrrole nitrogens is 1. The van der Waals surface area contributed by atoms with Crippen molar-refractivity contribution in [1.29, 1.82) is 0 Å². The van der Waals surface area contributed by atoms with Crippen molar-refractivity contribution < 1.29 is 0 Å². The van der Waals surface area contributed by atoms with E-state index in [1.165, 1.54) is 22.2 Å². The second-order valence-electron chi connectivity index (χ2n) is 4.88. The molecule has 1 aliphatic rings. The number of thiocarbonyl (C=S) groups is 1. The third-order valence-corrected chi connectivity index (χ3v) is 3.81. The average Bonchev–Trinajstić information content (AvgIpc) is 2.93. The zero-order chi connectivity index (χ0) is 13.2. The molecule has 1 aromatic carbocycles. The second kappa shape index (κ2) is 5.05. The number of aromatic nitrogens is 1. The Kier molecular flexibility index (Phi) is 3.25. The summed E-state index contributed by atoms with van der Waals surface area (Å²) < 4.78 is 0. The van der Waals surface area contributed by atoms with E-state index in [0.29, 0.717) is 17.7 Å². The monoisotopic (exact) mass is 271 g/mol. The maximum Gasteiger partial charge on any atom is 0.166 e. The minimum absolute atomic E-state index is 0.385. The Morgan fingerprint density at radius 3 is 3.11 bits per heavy atom. The topological polar surface area (TPSA) is 39.8 Å². The van der Waals surface area contributed by atoms with E-state index in [4.69, 9.17) is 12.2 Å². The van der Waals surface area contributed by atoms with Crippen molar-refractivity contribution >= 4 is 28.2 Å². The maximum absolute atomic E-state index is 5.26. The first-order valence-electron chi connectivity index (χ1n) is 6.51. The smallest absolute Gasteiger partial charge is 0.166 e. The molecule has 98 valence electrons. The molecule has 3 rings (SSSR count). The van der Waals surface area contributed by atoms with Gasteiger partial charge in [0.05, 0.1) is 0 Å². The Hall–Kier alpha value is -1.81. The lowest BCUT2D eigenvalue weighted by Gasteiger charge is -2.15. The van der Waals surface area contributed by atoms with Gasteiger partial charge in [-0.15, -0.1) is 6.58 Å². The molecule has 1 unspecified atom stereocenters. The Balaban J connectivity index is 1.71. The molecule has 0 amide bonds. The SMILES string of the molecule is C=CCNC(=S)NC1Cc2[nH]c3ccccc3c2C1. The molecule has 0 saturated carbocycles. The summed E-state index contributed by atoms with van der Waals surface area (Å²) >= 11 is 5.26. The van der Waals surface area contributed by atoms with E-state index >= 15 is 0 Å². The van der Waals surface area contributed by atoms with Crippen LogP contribution in [0.3, 0.4) is 0 Å². The predicted octanol–water partition coefficient (Wildman–Crippen LogP) is 2.29. The molecular formula is C15H17N3S. The molecule has 0 bridgehead atoms. The average molecular weight is 271 g/mol. The maximum atomic E-state index is 5.26. The van der Waals surface area contributed by atoms with E-state index in [-0.39, 0.29) is 0 Å². The lowest BCUT2D eigenvalue weighted by Crippen LogP contribution is -2.42. The fraction of sp³-hybridized carbons (Fsp3) is 0.267. The van der Waals surface area contributed by atoms with Gasteiger partial charge in [-0.05, 0) is 30.3 Å². The van der Waals surface area contributed by atoms with Crippen LogP contribution in [0.15, 0.2) is 36.9 Å². The minimum Gasteiger partial charge on any atom is -0.359 e. The van der Waals surface area contributed by atoms with Gasteiger partial charge in [-0.25, -0.2) is 0 Å². The van der Waals surface area contributed by atoms with E-state index in [9.17, 15) is 0 Å². The van der Waals surface area contributed by atoms with Crippen LogP contribution in [0, 0.1) is 0 Å². The highest BCUT2D eigenvalue weighted by Gasteiger charge is 2.25. The fourth-order valence-corrected chi connectivity index (χ4v) is 2.98. The lowest BCUT2D eigenvalue weighted by molar-refractivity contribution is 0.634. The fourth-order valence-electron chi connectivity index (χ4n) is 2.73. The molecule has 1 aromatic heterocycles. The van der Waals surface area contributed by atoms with Crippen LogP contribution in [-0.2, 0) is 12.8 Å². The first-order valence-corrected chi connectivity index (χ1v) is 6.92. The standard InChI is InChI=1S/C15H17N3S/c1-2-7-16-15(19)17-10-8-12-11-5-3-4-6-13(11)18-14(12)9-10/h2-6,10,18H,1,7-9H2,(H2,16,17,19). The van der Waals surface area contributed by atoms with Gasteiger partial charge in [0.25, 0.3) is 0 Å². The van der Waals surface area contributed by atoms with E-state index in [0.717, 1.165) is 12.8 Å². The second-order valence-corrected chi connectivity index (χ2v) is 5.28. The molecule has 1 aliphatic carbocycles. The van der Waals surface area contributed by atoms with E-state index < -0.39 is 0 Å². The number of benzene rings is 1. The summed E-state index contributed by atoms with van der Waals surface area (Å²) in [6.45, 7) is 4.37. The quantitative estimate of drug-likeness (QED) is 0.592. The highest BCUT2D eigenvalue weighted by Crippen LogP contribution is 2.29. The van der Waals surface area contributed by atoms with Crippen LogP contribution < -0.4 is 10.6 Å². The Morgan fingerprint density at radius 1 is 1.42 bits per heavy atom. The van der Waals surface area contributed by atoms with Crippen LogP contribution in [0.1, 0.15) is 11.3 Å². The summed E-state index contributed by atoms with van der Waals surface area (Å²) in [7, 11) is 0. The van der Waals surface area contributed by atoms with Crippen molar-refractivity contribution in [1.82, 2.24) is 15.6 Å². The van der Waals surface area contributed by atoms with Crippen LogP contribution in [0.25, 0.3) is 10.9 Å². The molecule has 0 saturated heterocycles. The molecule has 2 aromatic rings. The van der Waals surface area contributed by atoms with Crippen molar-refractivity contribution in [3.63, 3.8) is 0 Å². The highest BCUT2D eigenvalue weighted by molar-refractivity contribution is 7.80. The van der Waals surface area contributed by atoms with Gasteiger partial charge in [0.2, 0.25) is 0 Å². The van der Waals surface area contributed by atoms with Crippen molar-refractivity contribution in [2.45, 2.75) is 18.9 Å². The molecule has 0 spiro atoms. The first kappa shape index (κ1) is 12.2. The number of para-hydroxylation sites is 1. The first-order chi connectivity index (χ1) is 9.28. The van der Waals surface area contributed by atoms with Gasteiger partial charge in [-0.3, -0.25) is 0 Å². The van der Waals surface area contributed by atoms with Gasteiger partial charge in [0.15, 0.2) is 5.11 Å². The molecule has 3 N–H and O–H groups in total. The zero-order valence-corrected chi connectivity index (χ0v) is 11.5. The van der Waals surface area contributed by atoms with Crippen molar-refractivity contribution in [2.24, 2.45) is 0 Å². The van der Waals surface area contributed by atoms with Crippen molar-refractivity contribution in [2.75, 3.05) is 6.54 Å². The van der Waals surface area contributed by atoms with Crippen LogP contribution in [0.4, 0.5) is 0 Å². The summed E-state index contributed by atoms with van der Waals surface area (Å²) in [5.74, 6) is 0. The van der Waals surface area contributed by atoms with Crippen LogP contribution in [0.5, 0.6) is 0 Å². The number of rotatable bonds is 3. The van der Waals surface area contributed by atoms with Gasteiger partial charge in [0.1, 0.15) is 0 Å². The summed E-state index contributed by atoms with van der Waals surface area (Å²) in [6, 6.07) is 8.86. The summed E-state index contributed by atoms with van der Waals surface area (Å²) in [6.07, 6.45) is 3.83. The molecular weight excluding hydrogens is 254 g/mol. The predicted molar refractivity (Wildman–Crippen MR) is 83.4 cm³/mol. The van der Waals surface area contributed by atoms with Gasteiger partial charge >= 0.3 is 0 Å². The Morgan fingerprint density at radius 2 is 2.26 bits per heavy atom. The number of nitrogens with one attached hydrogen (secondary N) is 3. The molecule has 4 heteroatoms. The number of hydrogen-bond acceptors (Lipinski definition) is 1. The normalized spacial score (nSPS) is 17.2. The molecule has 0 fully saturated rings. The summed E-state index contributed by atoms with van der Waals surface area (Å²) in [5.41, 5.74) is 4.00. The van der Waals surface area contributed by atoms with Crippen LogP contribution >= 0.6 is 12.2 Å². The highest BCUT2D eigenvalue weighted by atomic mass is 32.1. The van der Waals surface area contributed by atoms with Gasteiger partial charge in [-0.1, -0.05) is 24.3 Å². The Bertz CT molecular complexity index is 629. The number of hydrogen-bond donors (Lipinski definition) is 3. The minimum atomic E-state index is 0.385. The summed E-state index contributed by atoms with van der Waals surface area (Å²) in [4.78, 5) is 3.50. The molecule has 1 atom stereocenters. The lowest BCUT2D eigenvalue weighted by atomic mass is 10.1. The van der Waals surface area contributed by atoms with E-state index in [1.54, 1.807) is 6.08 Å². The van der Waals surface area contributed by atoms with E-state index in [2.05, 4.69) is 46.5 Å². The zero-order valence-electron chi connectivity index (χ0n) is 10.7. The molecule has 0 radical (unpaired) electrons. The third kappa shape index (κ3) is 2.36. The van der Waals surface area contributed by atoms with E-state index in [1.807, 2.05) is 0 Å². The van der Waals surface area contributed by atoms with Crippen LogP contribution in [-0.4, -0.2) is 22.7 Å². The van der Waals surface area contributed by atoms with Gasteiger partial charge in [-0.2, -0.15) is 0 Å². The molecule has 3 nitrogen and oxygen atoms in total. The largest absolute Gasteiger partial charge is 0.359 e. The van der Waals surface area contributed by atoms with Crippen molar-refractivity contribution in [3.8, 4) is 0 Å². The molecule has 1 heterocycles. The third-order valence-electron chi connectivity index (χ3n) is 3.55. The van der Waals surface area contributed by atoms with Gasteiger partial charge in [0, 0.05) is 35.6 Å². The number of aromatic amines is 1. The van der Waals surface area contributed by atoms with Crippen molar-refractivity contribution in [3.05, 3.63) is 48.2 Å². The molecule has 0 aliphatic heterocycles. The van der Waals surface area contributed by atoms with Crippen LogP contribution in [0.2, 0.25) is 0 Å². The Labute approximate surface area is 118 Å². The summed E-state index contributed by atoms with van der Waals surface area (Å²) in [5, 5.41) is 8.52. The number of fused-ring (bicyclic) bond motifs is 3. The molecule has 19 heavy (non-hydrogen) atoms.